The maximum absolute atomic E-state index is 6.40. The predicted molar refractivity (Wildman–Crippen MR) is 83.4 cm³/mol. The molecule has 3 heteroatoms. The number of aromatic nitrogens is 2. The molecule has 2 aromatic rings. The first-order chi connectivity index (χ1) is 9.60. The van der Waals surface area contributed by atoms with Crippen molar-refractivity contribution < 1.29 is 0 Å². The first kappa shape index (κ1) is 13.7. The standard InChI is InChI=1S/C17H21ClN2/c1-17(2,13-9-6-7-10-14(13)18)16-12-8-4-3-5-11-15(12)19-20-16/h6-7,9-10H,3-5,8,11H2,1-2H3,(H,19,20). The van der Waals surface area contributed by atoms with Gasteiger partial charge >= 0.3 is 0 Å². The highest BCUT2D eigenvalue weighted by Gasteiger charge is 2.32. The molecule has 1 aliphatic rings. The highest BCUT2D eigenvalue weighted by molar-refractivity contribution is 6.31. The van der Waals surface area contributed by atoms with Crippen molar-refractivity contribution in [2.45, 2.75) is 51.4 Å². The first-order valence-electron chi connectivity index (χ1n) is 7.42. The van der Waals surface area contributed by atoms with E-state index in [0.29, 0.717) is 0 Å². The molecular weight excluding hydrogens is 268 g/mol. The largest absolute Gasteiger partial charge is 0.282 e. The van der Waals surface area contributed by atoms with Crippen LogP contribution in [0.5, 0.6) is 0 Å². The Balaban J connectivity index is 2.08. The number of aryl methyl sites for hydroxylation is 1. The van der Waals surface area contributed by atoms with Gasteiger partial charge in [-0.05, 0) is 42.9 Å². The molecule has 2 nitrogen and oxygen atoms in total. The van der Waals surface area contributed by atoms with Crippen LogP contribution in [0.2, 0.25) is 5.02 Å². The number of H-pyrrole nitrogens is 1. The second-order valence-corrected chi connectivity index (χ2v) is 6.60. The van der Waals surface area contributed by atoms with Crippen LogP contribution < -0.4 is 0 Å². The summed E-state index contributed by atoms with van der Waals surface area (Å²) in [6.07, 6.45) is 6.10. The number of halogens is 1. The number of hydrogen-bond acceptors (Lipinski definition) is 1. The second kappa shape index (κ2) is 5.25. The molecule has 1 N–H and O–H groups in total. The average Bonchev–Trinajstić information content (AvgIpc) is 2.70. The Labute approximate surface area is 125 Å². The van der Waals surface area contributed by atoms with E-state index < -0.39 is 0 Å². The zero-order chi connectivity index (χ0) is 14.2. The summed E-state index contributed by atoms with van der Waals surface area (Å²) in [6, 6.07) is 8.10. The predicted octanol–water partition coefficient (Wildman–Crippen LogP) is 4.66. The molecule has 106 valence electrons. The molecule has 1 aromatic heterocycles. The van der Waals surface area contributed by atoms with Gasteiger partial charge in [-0.2, -0.15) is 5.10 Å². The lowest BCUT2D eigenvalue weighted by Crippen LogP contribution is -2.22. The number of aromatic amines is 1. The zero-order valence-corrected chi connectivity index (χ0v) is 12.9. The number of nitrogens with one attached hydrogen (secondary N) is 1. The minimum absolute atomic E-state index is 0.160. The van der Waals surface area contributed by atoms with Gasteiger partial charge in [0.05, 0.1) is 5.69 Å². The number of nitrogens with zero attached hydrogens (tertiary/aromatic N) is 1. The van der Waals surface area contributed by atoms with Crippen molar-refractivity contribution in [1.29, 1.82) is 0 Å². The molecule has 0 radical (unpaired) electrons. The number of fused-ring (bicyclic) bond motifs is 1. The topological polar surface area (TPSA) is 28.7 Å². The van der Waals surface area contributed by atoms with Gasteiger partial charge in [0.2, 0.25) is 0 Å². The second-order valence-electron chi connectivity index (χ2n) is 6.19. The van der Waals surface area contributed by atoms with Crippen LogP contribution in [0.1, 0.15) is 55.6 Å². The fourth-order valence-corrected chi connectivity index (χ4v) is 3.64. The van der Waals surface area contributed by atoms with Crippen LogP contribution in [0, 0.1) is 0 Å². The summed E-state index contributed by atoms with van der Waals surface area (Å²) in [6.45, 7) is 4.44. The lowest BCUT2D eigenvalue weighted by Gasteiger charge is -2.26. The molecule has 20 heavy (non-hydrogen) atoms. The molecule has 1 aromatic carbocycles. The molecule has 0 bridgehead atoms. The van der Waals surface area contributed by atoms with Crippen LogP contribution in [0.4, 0.5) is 0 Å². The lowest BCUT2D eigenvalue weighted by atomic mass is 9.79. The molecule has 0 amide bonds. The SMILES string of the molecule is CC(C)(c1ccccc1Cl)c1n[nH]c2c1CCCCC2. The van der Waals surface area contributed by atoms with Crippen LogP contribution in [0.15, 0.2) is 24.3 Å². The van der Waals surface area contributed by atoms with Crippen molar-refractivity contribution in [2.24, 2.45) is 0 Å². The summed E-state index contributed by atoms with van der Waals surface area (Å²) in [4.78, 5) is 0. The first-order valence-corrected chi connectivity index (χ1v) is 7.80. The number of rotatable bonds is 2. The molecule has 0 saturated carbocycles. The Morgan fingerprint density at radius 1 is 1.10 bits per heavy atom. The third-order valence-corrected chi connectivity index (χ3v) is 4.78. The maximum atomic E-state index is 6.40. The summed E-state index contributed by atoms with van der Waals surface area (Å²) in [5.74, 6) is 0. The van der Waals surface area contributed by atoms with Gasteiger partial charge in [-0.3, -0.25) is 5.10 Å². The minimum Gasteiger partial charge on any atom is -0.282 e. The van der Waals surface area contributed by atoms with Gasteiger partial charge in [0.15, 0.2) is 0 Å². The van der Waals surface area contributed by atoms with Gasteiger partial charge in [0, 0.05) is 16.1 Å². The molecule has 0 aliphatic heterocycles. The van der Waals surface area contributed by atoms with Crippen molar-refractivity contribution in [3.05, 3.63) is 51.8 Å². The maximum Gasteiger partial charge on any atom is 0.0757 e. The van der Waals surface area contributed by atoms with Gasteiger partial charge in [0.1, 0.15) is 0 Å². The fraction of sp³-hybridized carbons (Fsp3) is 0.471. The molecule has 0 atom stereocenters. The van der Waals surface area contributed by atoms with E-state index in [9.17, 15) is 0 Å². The molecule has 0 fully saturated rings. The van der Waals surface area contributed by atoms with Crippen molar-refractivity contribution in [1.82, 2.24) is 10.2 Å². The van der Waals surface area contributed by atoms with Gasteiger partial charge in [-0.1, -0.05) is 50.1 Å². The van der Waals surface area contributed by atoms with Crippen LogP contribution in [-0.4, -0.2) is 10.2 Å². The van der Waals surface area contributed by atoms with E-state index in [1.807, 2.05) is 18.2 Å². The monoisotopic (exact) mass is 288 g/mol. The number of hydrogen-bond donors (Lipinski definition) is 1. The van der Waals surface area contributed by atoms with Gasteiger partial charge in [-0.15, -0.1) is 0 Å². The highest BCUT2D eigenvalue weighted by atomic mass is 35.5. The Kier molecular flexibility index (Phi) is 3.59. The van der Waals surface area contributed by atoms with Crippen LogP contribution in [-0.2, 0) is 18.3 Å². The molecule has 0 unspecified atom stereocenters. The van der Waals surface area contributed by atoms with Crippen LogP contribution in [0.25, 0.3) is 0 Å². The summed E-state index contributed by atoms with van der Waals surface area (Å²) < 4.78 is 0. The zero-order valence-electron chi connectivity index (χ0n) is 12.2. The van der Waals surface area contributed by atoms with E-state index in [1.165, 1.54) is 36.2 Å². The molecule has 3 rings (SSSR count). The molecule has 1 aliphatic carbocycles. The Morgan fingerprint density at radius 2 is 1.85 bits per heavy atom. The van der Waals surface area contributed by atoms with Gasteiger partial charge in [0.25, 0.3) is 0 Å². The quantitative estimate of drug-likeness (QED) is 0.800. The Bertz CT molecular complexity index is 613. The van der Waals surface area contributed by atoms with Crippen molar-refractivity contribution in [3.8, 4) is 0 Å². The summed E-state index contributed by atoms with van der Waals surface area (Å²) >= 11 is 6.40. The molecule has 1 heterocycles. The normalized spacial score (nSPS) is 15.8. The van der Waals surface area contributed by atoms with E-state index in [0.717, 1.165) is 23.4 Å². The Hall–Kier alpha value is -1.28. The van der Waals surface area contributed by atoms with Crippen LogP contribution in [0.3, 0.4) is 0 Å². The lowest BCUT2D eigenvalue weighted by molar-refractivity contribution is 0.600. The van der Waals surface area contributed by atoms with E-state index in [-0.39, 0.29) is 5.41 Å². The van der Waals surface area contributed by atoms with Gasteiger partial charge < -0.3 is 0 Å². The van der Waals surface area contributed by atoms with E-state index in [2.05, 4.69) is 30.1 Å². The summed E-state index contributed by atoms with van der Waals surface area (Å²) in [5, 5.41) is 8.74. The van der Waals surface area contributed by atoms with Crippen molar-refractivity contribution in [2.75, 3.05) is 0 Å². The summed E-state index contributed by atoms with van der Waals surface area (Å²) in [5.41, 5.74) is 4.92. The van der Waals surface area contributed by atoms with E-state index in [4.69, 9.17) is 11.6 Å². The molecular formula is C17H21ClN2. The smallest absolute Gasteiger partial charge is 0.0757 e. The van der Waals surface area contributed by atoms with E-state index >= 15 is 0 Å². The summed E-state index contributed by atoms with van der Waals surface area (Å²) in [7, 11) is 0. The third-order valence-electron chi connectivity index (χ3n) is 4.45. The van der Waals surface area contributed by atoms with Gasteiger partial charge in [-0.25, -0.2) is 0 Å². The van der Waals surface area contributed by atoms with Crippen molar-refractivity contribution >= 4 is 11.6 Å². The third kappa shape index (κ3) is 2.26. The highest BCUT2D eigenvalue weighted by Crippen LogP contribution is 2.38. The van der Waals surface area contributed by atoms with Crippen molar-refractivity contribution in [3.63, 3.8) is 0 Å². The minimum atomic E-state index is -0.160. The fourth-order valence-electron chi connectivity index (χ4n) is 3.27. The number of benzene rings is 1. The molecule has 0 saturated heterocycles. The average molecular weight is 289 g/mol. The molecule has 0 spiro atoms. The van der Waals surface area contributed by atoms with Crippen LogP contribution >= 0.6 is 11.6 Å². The Morgan fingerprint density at radius 3 is 2.65 bits per heavy atom. The van der Waals surface area contributed by atoms with E-state index in [1.54, 1.807) is 0 Å².